The van der Waals surface area contributed by atoms with Gasteiger partial charge in [0.25, 0.3) is 0 Å². The molecule has 0 bridgehead atoms. The molecule has 0 radical (unpaired) electrons. The molecule has 136 valence electrons. The summed E-state index contributed by atoms with van der Waals surface area (Å²) in [5, 5.41) is 3.27. The van der Waals surface area contributed by atoms with Crippen molar-refractivity contribution in [2.45, 2.75) is 18.7 Å². The molecule has 5 heteroatoms. The average Bonchev–Trinajstić information content (AvgIpc) is 3.47. The van der Waals surface area contributed by atoms with E-state index in [-0.39, 0.29) is 18.1 Å². The van der Waals surface area contributed by atoms with Crippen molar-refractivity contribution in [2.24, 2.45) is 0 Å². The van der Waals surface area contributed by atoms with Gasteiger partial charge in [0, 0.05) is 6.04 Å². The molecule has 1 aliphatic heterocycles. The second-order valence-electron chi connectivity index (χ2n) is 6.21. The van der Waals surface area contributed by atoms with Crippen LogP contribution in [0.4, 0.5) is 0 Å². The monoisotopic (exact) mass is 353 g/mol. The predicted molar refractivity (Wildman–Crippen MR) is 99.2 cm³/mol. The van der Waals surface area contributed by atoms with Crippen LogP contribution in [0.3, 0.4) is 0 Å². The Bertz CT molecular complexity index is 742. The van der Waals surface area contributed by atoms with Crippen LogP contribution in [-0.2, 0) is 16.1 Å². The van der Waals surface area contributed by atoms with Crippen molar-refractivity contribution in [1.29, 1.82) is 0 Å². The Morgan fingerprint density at radius 2 is 1.85 bits per heavy atom. The lowest BCUT2D eigenvalue weighted by atomic mass is 10.2. The molecule has 1 heterocycles. The third-order valence-electron chi connectivity index (χ3n) is 4.25. The highest BCUT2D eigenvalue weighted by Crippen LogP contribution is 2.20. The maximum Gasteiger partial charge on any atom is 0.338 e. The van der Waals surface area contributed by atoms with Crippen molar-refractivity contribution in [3.63, 3.8) is 0 Å². The molecule has 5 nitrogen and oxygen atoms in total. The first-order valence-electron chi connectivity index (χ1n) is 8.54. The lowest BCUT2D eigenvalue weighted by Crippen LogP contribution is -2.13. The molecule has 0 amide bonds. The Hall–Kier alpha value is -2.63. The quantitative estimate of drug-likeness (QED) is 0.426. The van der Waals surface area contributed by atoms with Crippen molar-refractivity contribution in [1.82, 2.24) is 5.32 Å². The number of carbonyl (C=O) groups is 1. The zero-order chi connectivity index (χ0) is 18.4. The third-order valence-corrected chi connectivity index (χ3v) is 4.25. The predicted octanol–water partition coefficient (Wildman–Crippen LogP) is 2.97. The van der Waals surface area contributed by atoms with Crippen LogP contribution < -0.4 is 10.1 Å². The summed E-state index contributed by atoms with van der Waals surface area (Å²) < 4.78 is 16.1. The fourth-order valence-corrected chi connectivity index (χ4v) is 2.66. The van der Waals surface area contributed by atoms with Crippen molar-refractivity contribution in [3.8, 4) is 5.75 Å². The summed E-state index contributed by atoms with van der Waals surface area (Å²) in [7, 11) is 1.59. The highest BCUT2D eigenvalue weighted by atomic mass is 16.5. The van der Waals surface area contributed by atoms with Crippen LogP contribution in [0.25, 0.3) is 0 Å². The largest absolute Gasteiger partial charge is 0.497 e. The van der Waals surface area contributed by atoms with Crippen molar-refractivity contribution >= 4 is 5.97 Å². The van der Waals surface area contributed by atoms with Crippen LogP contribution in [0.5, 0.6) is 5.75 Å². The number of hydrogen-bond donors (Lipinski definition) is 1. The number of hydrogen-bond acceptors (Lipinski definition) is 5. The lowest BCUT2D eigenvalue weighted by molar-refractivity contribution is 0.0505. The topological polar surface area (TPSA) is 66.7 Å². The molecule has 1 N–H and O–H groups in total. The van der Waals surface area contributed by atoms with E-state index in [9.17, 15) is 4.79 Å². The number of rotatable bonds is 9. The molecule has 0 saturated carbocycles. The molecule has 3 rings (SSSR count). The smallest absolute Gasteiger partial charge is 0.338 e. The molecule has 2 atom stereocenters. The molecule has 2 aromatic rings. The van der Waals surface area contributed by atoms with Crippen LogP contribution in [0.1, 0.15) is 15.9 Å². The van der Waals surface area contributed by atoms with E-state index in [1.807, 2.05) is 30.3 Å². The van der Waals surface area contributed by atoms with Gasteiger partial charge in [-0.1, -0.05) is 36.9 Å². The summed E-state index contributed by atoms with van der Waals surface area (Å²) in [5.41, 5.74) is 2.61. The van der Waals surface area contributed by atoms with E-state index in [0.717, 1.165) is 11.1 Å². The molecular formula is C21H23NO4. The Balaban J connectivity index is 1.35. The summed E-state index contributed by atoms with van der Waals surface area (Å²) in [6.07, 6.45) is 0. The number of esters is 1. The number of carbonyl (C=O) groups excluding carboxylic acids is 1. The molecule has 0 spiro atoms. The normalized spacial score (nSPS) is 18.2. The van der Waals surface area contributed by atoms with E-state index < -0.39 is 0 Å². The zero-order valence-electron chi connectivity index (χ0n) is 14.8. The molecule has 2 aromatic carbocycles. The molecule has 0 aromatic heterocycles. The minimum absolute atomic E-state index is 0.102. The Morgan fingerprint density at radius 1 is 1.12 bits per heavy atom. The van der Waals surface area contributed by atoms with Crippen LogP contribution in [0, 0.1) is 0 Å². The Morgan fingerprint density at radius 3 is 2.54 bits per heavy atom. The van der Waals surface area contributed by atoms with Crippen LogP contribution >= 0.6 is 0 Å². The van der Waals surface area contributed by atoms with Gasteiger partial charge in [0.2, 0.25) is 0 Å². The number of methoxy groups -OCH3 is 1. The van der Waals surface area contributed by atoms with Gasteiger partial charge in [0.05, 0.1) is 31.9 Å². The summed E-state index contributed by atoms with van der Waals surface area (Å²) in [6.45, 7) is 5.41. The molecular weight excluding hydrogens is 330 g/mol. The number of ether oxygens (including phenoxy) is 3. The van der Waals surface area contributed by atoms with Gasteiger partial charge in [-0.3, -0.25) is 0 Å². The molecule has 1 saturated heterocycles. The average molecular weight is 353 g/mol. The third kappa shape index (κ3) is 4.94. The first-order chi connectivity index (χ1) is 12.7. The SMILES string of the molecule is C=C(COCc1ccccc1)[C@H]1N[C@@H]1COC(=O)c1ccc(OC)cc1. The second kappa shape index (κ2) is 8.65. The van der Waals surface area contributed by atoms with Gasteiger partial charge in [0.1, 0.15) is 12.4 Å². The molecule has 0 unspecified atom stereocenters. The van der Waals surface area contributed by atoms with Gasteiger partial charge < -0.3 is 19.5 Å². The van der Waals surface area contributed by atoms with E-state index in [1.165, 1.54) is 0 Å². The van der Waals surface area contributed by atoms with Crippen LogP contribution in [0.15, 0.2) is 66.7 Å². The van der Waals surface area contributed by atoms with Crippen LogP contribution in [0.2, 0.25) is 0 Å². The van der Waals surface area contributed by atoms with E-state index in [2.05, 4.69) is 11.9 Å². The maximum absolute atomic E-state index is 12.0. The minimum Gasteiger partial charge on any atom is -0.497 e. The minimum atomic E-state index is -0.342. The van der Waals surface area contributed by atoms with Crippen molar-refractivity contribution in [3.05, 3.63) is 77.9 Å². The van der Waals surface area contributed by atoms with E-state index in [1.54, 1.807) is 31.4 Å². The fraction of sp³-hybridized carbons (Fsp3) is 0.286. The highest BCUT2D eigenvalue weighted by molar-refractivity contribution is 5.89. The van der Waals surface area contributed by atoms with E-state index >= 15 is 0 Å². The van der Waals surface area contributed by atoms with Crippen molar-refractivity contribution in [2.75, 3.05) is 20.3 Å². The lowest BCUT2D eigenvalue weighted by Gasteiger charge is -2.07. The molecule has 26 heavy (non-hydrogen) atoms. The van der Waals surface area contributed by atoms with Gasteiger partial charge in [-0.15, -0.1) is 0 Å². The first kappa shape index (κ1) is 18.2. The number of benzene rings is 2. The Labute approximate surface area is 153 Å². The molecule has 1 fully saturated rings. The Kier molecular flexibility index (Phi) is 6.04. The molecule has 0 aliphatic carbocycles. The summed E-state index contributed by atoms with van der Waals surface area (Å²) >= 11 is 0. The van der Waals surface area contributed by atoms with E-state index in [0.29, 0.717) is 31.1 Å². The van der Waals surface area contributed by atoms with Crippen LogP contribution in [-0.4, -0.2) is 38.4 Å². The van der Waals surface area contributed by atoms with E-state index in [4.69, 9.17) is 14.2 Å². The van der Waals surface area contributed by atoms with Gasteiger partial charge in [-0.2, -0.15) is 0 Å². The fourth-order valence-electron chi connectivity index (χ4n) is 2.66. The summed E-state index contributed by atoms with van der Waals surface area (Å²) in [6, 6.07) is 17.1. The van der Waals surface area contributed by atoms with Gasteiger partial charge >= 0.3 is 5.97 Å². The standard InChI is InChI=1S/C21H23NO4/c1-15(12-25-13-16-6-4-3-5-7-16)20-19(22-20)14-26-21(23)17-8-10-18(24-2)11-9-17/h3-11,19-20,22H,1,12-14H2,2H3/t19-,20-/m1/s1. The van der Waals surface area contributed by atoms with Gasteiger partial charge in [0.15, 0.2) is 0 Å². The zero-order valence-corrected chi connectivity index (χ0v) is 14.8. The van der Waals surface area contributed by atoms with Gasteiger partial charge in [-0.25, -0.2) is 4.79 Å². The van der Waals surface area contributed by atoms with Gasteiger partial charge in [-0.05, 0) is 35.4 Å². The maximum atomic E-state index is 12.0. The number of nitrogens with one attached hydrogen (secondary N) is 1. The second-order valence-corrected chi connectivity index (χ2v) is 6.21. The molecule has 1 aliphatic rings. The van der Waals surface area contributed by atoms with Crippen molar-refractivity contribution < 1.29 is 19.0 Å². The summed E-state index contributed by atoms with van der Waals surface area (Å²) in [4.78, 5) is 12.0. The summed E-state index contributed by atoms with van der Waals surface area (Å²) in [5.74, 6) is 0.364. The first-order valence-corrected chi connectivity index (χ1v) is 8.54. The highest BCUT2D eigenvalue weighted by Gasteiger charge is 2.39.